The highest BCUT2D eigenvalue weighted by Crippen LogP contribution is 2.44. The Hall–Kier alpha value is -2.91. The Morgan fingerprint density at radius 2 is 1.97 bits per heavy atom. The predicted octanol–water partition coefficient (Wildman–Crippen LogP) is 3.31. The van der Waals surface area contributed by atoms with Crippen LogP contribution >= 0.6 is 11.3 Å². The number of hydrogen-bond donors (Lipinski definition) is 1. The normalized spacial score (nSPS) is 16.3. The quantitative estimate of drug-likeness (QED) is 0.575. The number of amides is 1. The number of aryl methyl sites for hydroxylation is 2. The van der Waals surface area contributed by atoms with Gasteiger partial charge in [-0.15, -0.1) is 11.3 Å². The summed E-state index contributed by atoms with van der Waals surface area (Å²) in [5, 5.41) is 11.6. The van der Waals surface area contributed by atoms with E-state index in [1.807, 2.05) is 25.9 Å². The fourth-order valence-corrected chi connectivity index (χ4v) is 4.79. The van der Waals surface area contributed by atoms with Crippen LogP contribution < -0.4 is 9.47 Å². The van der Waals surface area contributed by atoms with Crippen LogP contribution in [-0.4, -0.2) is 73.0 Å². The summed E-state index contributed by atoms with van der Waals surface area (Å²) in [6.07, 6.45) is 0.676. The van der Waals surface area contributed by atoms with Crippen molar-refractivity contribution in [2.45, 2.75) is 26.3 Å². The Morgan fingerprint density at radius 1 is 1.25 bits per heavy atom. The third-order valence-electron chi connectivity index (χ3n) is 5.39. The Kier molecular flexibility index (Phi) is 7.20. The van der Waals surface area contributed by atoms with E-state index in [0.29, 0.717) is 40.6 Å². The number of hydrogen-bond acceptors (Lipinski definition) is 8. The van der Waals surface area contributed by atoms with Gasteiger partial charge in [-0.1, -0.05) is 0 Å². The SMILES string of the molecule is COc1ccc(OC)c(C2C(C(=O)c3sc(C)nc3C)=C(O)C(=O)N2CCCN(C)C)c1. The molecule has 2 aromatic rings. The third kappa shape index (κ3) is 4.49. The summed E-state index contributed by atoms with van der Waals surface area (Å²) in [6.45, 7) is 4.69. The maximum Gasteiger partial charge on any atom is 0.290 e. The summed E-state index contributed by atoms with van der Waals surface area (Å²) in [6, 6.07) is 4.42. The number of aromatic nitrogens is 1. The molecule has 172 valence electrons. The first-order valence-corrected chi connectivity index (χ1v) is 11.1. The Morgan fingerprint density at radius 3 is 2.53 bits per heavy atom. The molecule has 0 fully saturated rings. The fourth-order valence-electron chi connectivity index (χ4n) is 3.91. The molecule has 1 unspecified atom stereocenters. The van der Waals surface area contributed by atoms with Crippen molar-refractivity contribution in [3.63, 3.8) is 0 Å². The van der Waals surface area contributed by atoms with Crippen molar-refractivity contribution in [3.05, 3.63) is 50.7 Å². The van der Waals surface area contributed by atoms with Crippen LogP contribution in [0.3, 0.4) is 0 Å². The summed E-state index contributed by atoms with van der Waals surface area (Å²) in [5.41, 5.74) is 1.20. The largest absolute Gasteiger partial charge is 0.503 e. The predicted molar refractivity (Wildman–Crippen MR) is 123 cm³/mol. The van der Waals surface area contributed by atoms with Gasteiger partial charge in [0.1, 0.15) is 11.5 Å². The molecule has 1 atom stereocenters. The van der Waals surface area contributed by atoms with Gasteiger partial charge in [0.15, 0.2) is 5.76 Å². The highest BCUT2D eigenvalue weighted by atomic mass is 32.1. The molecule has 1 amide bonds. The van der Waals surface area contributed by atoms with Crippen molar-refractivity contribution < 1.29 is 24.2 Å². The number of aliphatic hydroxyl groups excluding tert-OH is 1. The second kappa shape index (κ2) is 9.70. The molecule has 8 nitrogen and oxygen atoms in total. The van der Waals surface area contributed by atoms with E-state index in [4.69, 9.17) is 9.47 Å². The van der Waals surface area contributed by atoms with Crippen molar-refractivity contribution in [2.75, 3.05) is 41.4 Å². The molecular weight excluding hydrogens is 430 g/mol. The smallest absolute Gasteiger partial charge is 0.290 e. The Bertz CT molecular complexity index is 1060. The van der Waals surface area contributed by atoms with Crippen molar-refractivity contribution in [3.8, 4) is 11.5 Å². The lowest BCUT2D eigenvalue weighted by Crippen LogP contribution is -2.33. The molecule has 2 heterocycles. The third-order valence-corrected chi connectivity index (χ3v) is 6.47. The number of aliphatic hydroxyl groups is 1. The van der Waals surface area contributed by atoms with Gasteiger partial charge in [-0.2, -0.15) is 0 Å². The number of ether oxygens (including phenoxy) is 2. The van der Waals surface area contributed by atoms with Gasteiger partial charge in [0.25, 0.3) is 5.91 Å². The van der Waals surface area contributed by atoms with Crippen LogP contribution in [0, 0.1) is 13.8 Å². The Balaban J connectivity index is 2.14. The molecule has 0 radical (unpaired) electrons. The van der Waals surface area contributed by atoms with Gasteiger partial charge in [-0.05, 0) is 59.1 Å². The van der Waals surface area contributed by atoms with Crippen LogP contribution in [0.4, 0.5) is 0 Å². The topological polar surface area (TPSA) is 92.2 Å². The minimum Gasteiger partial charge on any atom is -0.503 e. The minimum absolute atomic E-state index is 0.0400. The first kappa shape index (κ1) is 23.7. The minimum atomic E-state index is -0.802. The molecule has 0 spiro atoms. The van der Waals surface area contributed by atoms with Crippen LogP contribution in [0.1, 0.15) is 38.4 Å². The lowest BCUT2D eigenvalue weighted by molar-refractivity contribution is -0.129. The van der Waals surface area contributed by atoms with E-state index in [9.17, 15) is 14.7 Å². The van der Waals surface area contributed by atoms with Gasteiger partial charge in [0.05, 0.1) is 41.4 Å². The number of Topliss-reactive ketones (excluding diaryl/α,β-unsaturated/α-hetero) is 1. The molecule has 0 saturated carbocycles. The first-order chi connectivity index (χ1) is 15.2. The van der Waals surface area contributed by atoms with Crippen LogP contribution in [-0.2, 0) is 4.79 Å². The molecule has 9 heteroatoms. The molecule has 0 aliphatic carbocycles. The zero-order chi connectivity index (χ0) is 23.6. The number of benzene rings is 1. The van der Waals surface area contributed by atoms with Crippen molar-refractivity contribution >= 4 is 23.0 Å². The summed E-state index contributed by atoms with van der Waals surface area (Å²) in [5.74, 6) is -0.437. The highest BCUT2D eigenvalue weighted by molar-refractivity contribution is 7.14. The summed E-state index contributed by atoms with van der Waals surface area (Å²) >= 11 is 1.25. The second-order valence-corrected chi connectivity index (χ2v) is 9.11. The molecule has 1 N–H and O–H groups in total. The second-order valence-electron chi connectivity index (χ2n) is 7.90. The zero-order valence-corrected chi connectivity index (χ0v) is 20.1. The summed E-state index contributed by atoms with van der Waals surface area (Å²) in [4.78, 5) is 35.0. The summed E-state index contributed by atoms with van der Waals surface area (Å²) < 4.78 is 10.9. The highest BCUT2D eigenvalue weighted by Gasteiger charge is 2.45. The van der Waals surface area contributed by atoms with Gasteiger partial charge in [-0.3, -0.25) is 9.59 Å². The first-order valence-electron chi connectivity index (χ1n) is 10.3. The molecule has 1 aromatic heterocycles. The van der Waals surface area contributed by atoms with Gasteiger partial charge >= 0.3 is 0 Å². The molecule has 0 saturated heterocycles. The van der Waals surface area contributed by atoms with E-state index >= 15 is 0 Å². The Labute approximate surface area is 192 Å². The molecule has 1 aromatic carbocycles. The maximum atomic E-state index is 13.6. The van der Waals surface area contributed by atoms with Crippen LogP contribution in [0.15, 0.2) is 29.5 Å². The molecule has 0 bridgehead atoms. The number of ketones is 1. The number of thiazole rings is 1. The molecule has 1 aliphatic rings. The van der Waals surface area contributed by atoms with E-state index in [2.05, 4.69) is 4.98 Å². The number of nitrogens with zero attached hydrogens (tertiary/aromatic N) is 3. The fraction of sp³-hybridized carbons (Fsp3) is 0.435. The van der Waals surface area contributed by atoms with E-state index in [1.165, 1.54) is 23.3 Å². The number of rotatable bonds is 9. The van der Waals surface area contributed by atoms with Gasteiger partial charge in [0.2, 0.25) is 5.78 Å². The lowest BCUT2D eigenvalue weighted by Gasteiger charge is -2.28. The lowest BCUT2D eigenvalue weighted by atomic mass is 9.94. The van der Waals surface area contributed by atoms with Crippen LogP contribution in [0.25, 0.3) is 0 Å². The number of carbonyl (C=O) groups is 2. The van der Waals surface area contributed by atoms with Crippen molar-refractivity contribution in [2.24, 2.45) is 0 Å². The van der Waals surface area contributed by atoms with Gasteiger partial charge in [0, 0.05) is 12.1 Å². The molecule has 32 heavy (non-hydrogen) atoms. The van der Waals surface area contributed by atoms with Crippen LogP contribution in [0.5, 0.6) is 11.5 Å². The van der Waals surface area contributed by atoms with E-state index in [1.54, 1.807) is 32.2 Å². The monoisotopic (exact) mass is 459 g/mol. The average Bonchev–Trinajstić information content (AvgIpc) is 3.22. The van der Waals surface area contributed by atoms with E-state index in [-0.39, 0.29) is 5.57 Å². The van der Waals surface area contributed by atoms with Crippen molar-refractivity contribution in [1.29, 1.82) is 0 Å². The zero-order valence-electron chi connectivity index (χ0n) is 19.3. The average molecular weight is 460 g/mol. The van der Waals surface area contributed by atoms with E-state index in [0.717, 1.165) is 11.6 Å². The standard InChI is InChI=1S/C23H29N3O5S/c1-13-22(32-14(2)24-13)20(27)18-19(16-12-15(30-5)8-9-17(16)31-6)26(23(29)21(18)28)11-7-10-25(3)4/h8-9,12,19,28H,7,10-11H2,1-6H3. The van der Waals surface area contributed by atoms with Gasteiger partial charge in [-0.25, -0.2) is 4.98 Å². The van der Waals surface area contributed by atoms with E-state index < -0.39 is 23.5 Å². The molecule has 1 aliphatic heterocycles. The summed E-state index contributed by atoms with van der Waals surface area (Å²) in [7, 11) is 6.98. The number of carbonyl (C=O) groups excluding carboxylic acids is 2. The maximum absolute atomic E-state index is 13.6. The van der Waals surface area contributed by atoms with Crippen molar-refractivity contribution in [1.82, 2.24) is 14.8 Å². The molecular formula is C23H29N3O5S. The number of methoxy groups -OCH3 is 2. The molecule has 3 rings (SSSR count). The van der Waals surface area contributed by atoms with Gasteiger partial charge < -0.3 is 24.4 Å². The van der Waals surface area contributed by atoms with Crippen LogP contribution in [0.2, 0.25) is 0 Å².